The van der Waals surface area contributed by atoms with Crippen molar-refractivity contribution in [2.24, 2.45) is 0 Å². The van der Waals surface area contributed by atoms with Crippen LogP contribution in [0.25, 0.3) is 0 Å². The normalized spacial score (nSPS) is 17.6. The van der Waals surface area contributed by atoms with Gasteiger partial charge in [0.25, 0.3) is 0 Å². The zero-order valence-electron chi connectivity index (χ0n) is 11.6. The van der Waals surface area contributed by atoms with E-state index in [0.717, 1.165) is 0 Å². The first-order valence-corrected chi connectivity index (χ1v) is 6.56. The molecular weight excluding hydrogens is 274 g/mol. The van der Waals surface area contributed by atoms with E-state index in [4.69, 9.17) is 0 Å². The van der Waals surface area contributed by atoms with E-state index in [1.807, 2.05) is 0 Å². The molecule has 0 aromatic heterocycles. The fraction of sp³-hybridized carbons (Fsp3) is 0.357. The van der Waals surface area contributed by atoms with Crippen molar-refractivity contribution in [3.8, 4) is 0 Å². The standard InChI is InChI=1S/C14H17N3O4/c1-14(12(19)20,10-5-3-2-4-6-10)16-13(21)17-8-7-15-11(18)9-17/h2-6H,7-9H2,1H3,(H,15,18)(H,16,21)(H,19,20). The number of hydrogen-bond donors (Lipinski definition) is 3. The molecule has 0 spiro atoms. The maximum atomic E-state index is 12.2. The molecular formula is C14H17N3O4. The smallest absolute Gasteiger partial charge is 0.333 e. The second-order valence-electron chi connectivity index (χ2n) is 5.00. The summed E-state index contributed by atoms with van der Waals surface area (Å²) in [6, 6.07) is 7.88. The topological polar surface area (TPSA) is 98.7 Å². The van der Waals surface area contributed by atoms with Gasteiger partial charge in [-0.15, -0.1) is 0 Å². The second kappa shape index (κ2) is 5.82. The first-order valence-electron chi connectivity index (χ1n) is 6.56. The van der Waals surface area contributed by atoms with Crippen LogP contribution in [0, 0.1) is 0 Å². The van der Waals surface area contributed by atoms with E-state index in [-0.39, 0.29) is 12.5 Å². The van der Waals surface area contributed by atoms with Crippen LogP contribution in [0.1, 0.15) is 12.5 Å². The number of piperazine rings is 1. The summed E-state index contributed by atoms with van der Waals surface area (Å²) in [5, 5.41) is 14.6. The molecule has 1 aliphatic rings. The van der Waals surface area contributed by atoms with Gasteiger partial charge in [0.2, 0.25) is 5.91 Å². The van der Waals surface area contributed by atoms with Crippen LogP contribution in [0.3, 0.4) is 0 Å². The molecule has 1 heterocycles. The van der Waals surface area contributed by atoms with Crippen LogP contribution in [0.15, 0.2) is 30.3 Å². The van der Waals surface area contributed by atoms with Crippen LogP contribution in [-0.4, -0.2) is 47.5 Å². The Morgan fingerprint density at radius 1 is 1.33 bits per heavy atom. The number of benzene rings is 1. The molecule has 0 saturated carbocycles. The summed E-state index contributed by atoms with van der Waals surface area (Å²) in [4.78, 5) is 36.4. The number of amides is 3. The lowest BCUT2D eigenvalue weighted by molar-refractivity contribution is -0.144. The van der Waals surface area contributed by atoms with Crippen LogP contribution in [-0.2, 0) is 15.1 Å². The summed E-state index contributed by atoms with van der Waals surface area (Å²) < 4.78 is 0. The summed E-state index contributed by atoms with van der Waals surface area (Å²) in [5.74, 6) is -1.42. The van der Waals surface area contributed by atoms with E-state index in [1.165, 1.54) is 11.8 Å². The molecule has 21 heavy (non-hydrogen) atoms. The number of hydrogen-bond acceptors (Lipinski definition) is 3. The maximum Gasteiger partial charge on any atom is 0.333 e. The number of carbonyl (C=O) groups excluding carboxylic acids is 2. The molecule has 1 aromatic carbocycles. The predicted molar refractivity (Wildman–Crippen MR) is 74.5 cm³/mol. The molecule has 1 atom stereocenters. The van der Waals surface area contributed by atoms with E-state index in [9.17, 15) is 19.5 Å². The number of carboxylic acids is 1. The third-order valence-electron chi connectivity index (χ3n) is 3.46. The van der Waals surface area contributed by atoms with E-state index in [0.29, 0.717) is 18.7 Å². The SMILES string of the molecule is CC(NC(=O)N1CCNC(=O)C1)(C(=O)O)c1ccccc1. The zero-order chi connectivity index (χ0) is 15.5. The van der Waals surface area contributed by atoms with Crippen molar-refractivity contribution in [1.82, 2.24) is 15.5 Å². The summed E-state index contributed by atoms with van der Waals surface area (Å²) in [5.41, 5.74) is -1.08. The molecule has 1 aromatic rings. The van der Waals surface area contributed by atoms with E-state index in [1.54, 1.807) is 30.3 Å². The summed E-state index contributed by atoms with van der Waals surface area (Å²) >= 11 is 0. The lowest BCUT2D eigenvalue weighted by Gasteiger charge is -2.32. The summed E-state index contributed by atoms with van der Waals surface area (Å²) in [6.45, 7) is 2.06. The number of nitrogens with one attached hydrogen (secondary N) is 2. The Morgan fingerprint density at radius 3 is 2.57 bits per heavy atom. The Hall–Kier alpha value is -2.57. The average molecular weight is 291 g/mol. The number of nitrogens with zero attached hydrogens (tertiary/aromatic N) is 1. The van der Waals surface area contributed by atoms with Gasteiger partial charge in [0.15, 0.2) is 5.54 Å². The predicted octanol–water partition coefficient (Wildman–Crippen LogP) is 0.128. The van der Waals surface area contributed by atoms with Crippen LogP contribution in [0.2, 0.25) is 0 Å². The van der Waals surface area contributed by atoms with Crippen molar-refractivity contribution in [2.75, 3.05) is 19.6 Å². The highest BCUT2D eigenvalue weighted by atomic mass is 16.4. The van der Waals surface area contributed by atoms with Crippen molar-refractivity contribution in [1.29, 1.82) is 0 Å². The first kappa shape index (κ1) is 14.8. The number of aliphatic carboxylic acids is 1. The number of urea groups is 1. The summed E-state index contributed by atoms with van der Waals surface area (Å²) in [6.07, 6.45) is 0. The monoisotopic (exact) mass is 291 g/mol. The molecule has 1 saturated heterocycles. The highest BCUT2D eigenvalue weighted by Crippen LogP contribution is 2.21. The number of carboxylic acid groups (broad SMARTS) is 1. The molecule has 1 unspecified atom stereocenters. The largest absolute Gasteiger partial charge is 0.479 e. The van der Waals surface area contributed by atoms with Gasteiger partial charge in [-0.1, -0.05) is 30.3 Å². The van der Waals surface area contributed by atoms with Gasteiger partial charge in [0.05, 0.1) is 0 Å². The van der Waals surface area contributed by atoms with Crippen LogP contribution in [0.5, 0.6) is 0 Å². The number of carbonyl (C=O) groups is 3. The zero-order valence-corrected chi connectivity index (χ0v) is 11.6. The Labute approximate surface area is 121 Å². The fourth-order valence-electron chi connectivity index (χ4n) is 2.13. The molecule has 112 valence electrons. The van der Waals surface area contributed by atoms with Crippen molar-refractivity contribution < 1.29 is 19.5 Å². The molecule has 0 aliphatic carbocycles. The molecule has 0 radical (unpaired) electrons. The molecule has 1 fully saturated rings. The fourth-order valence-corrected chi connectivity index (χ4v) is 2.13. The molecule has 7 heteroatoms. The molecule has 3 N–H and O–H groups in total. The first-order chi connectivity index (χ1) is 9.93. The lowest BCUT2D eigenvalue weighted by atomic mass is 9.92. The molecule has 0 bridgehead atoms. The van der Waals surface area contributed by atoms with Gasteiger partial charge in [0, 0.05) is 13.1 Å². The molecule has 7 nitrogen and oxygen atoms in total. The quantitative estimate of drug-likeness (QED) is 0.737. The lowest BCUT2D eigenvalue weighted by Crippen LogP contribution is -2.58. The van der Waals surface area contributed by atoms with Gasteiger partial charge in [0.1, 0.15) is 6.54 Å². The summed E-state index contributed by atoms with van der Waals surface area (Å²) in [7, 11) is 0. The van der Waals surface area contributed by atoms with E-state index >= 15 is 0 Å². The molecule has 1 aliphatic heterocycles. The van der Waals surface area contributed by atoms with E-state index in [2.05, 4.69) is 10.6 Å². The highest BCUT2D eigenvalue weighted by Gasteiger charge is 2.38. The second-order valence-corrected chi connectivity index (χ2v) is 5.00. The van der Waals surface area contributed by atoms with Gasteiger partial charge in [-0.05, 0) is 12.5 Å². The Morgan fingerprint density at radius 2 is 2.00 bits per heavy atom. The van der Waals surface area contributed by atoms with Gasteiger partial charge in [-0.2, -0.15) is 0 Å². The van der Waals surface area contributed by atoms with Gasteiger partial charge >= 0.3 is 12.0 Å². The van der Waals surface area contributed by atoms with Crippen molar-refractivity contribution >= 4 is 17.9 Å². The molecule has 2 rings (SSSR count). The minimum Gasteiger partial charge on any atom is -0.479 e. The van der Waals surface area contributed by atoms with Crippen molar-refractivity contribution in [3.05, 3.63) is 35.9 Å². The molecule has 3 amide bonds. The Kier molecular flexibility index (Phi) is 4.11. The van der Waals surface area contributed by atoms with Crippen LogP contribution in [0.4, 0.5) is 4.79 Å². The number of rotatable bonds is 3. The Balaban J connectivity index is 2.18. The highest BCUT2D eigenvalue weighted by molar-refractivity contribution is 5.89. The van der Waals surface area contributed by atoms with Crippen molar-refractivity contribution in [3.63, 3.8) is 0 Å². The minimum absolute atomic E-state index is 0.0731. The third kappa shape index (κ3) is 3.13. The maximum absolute atomic E-state index is 12.2. The van der Waals surface area contributed by atoms with Crippen molar-refractivity contribution in [2.45, 2.75) is 12.5 Å². The minimum atomic E-state index is -1.55. The average Bonchev–Trinajstić information content (AvgIpc) is 2.47. The van der Waals surface area contributed by atoms with Gasteiger partial charge in [-0.25, -0.2) is 9.59 Å². The van der Waals surface area contributed by atoms with Gasteiger partial charge < -0.3 is 20.6 Å². The van der Waals surface area contributed by atoms with Gasteiger partial charge in [-0.3, -0.25) is 4.79 Å². The van der Waals surface area contributed by atoms with Crippen LogP contribution < -0.4 is 10.6 Å². The third-order valence-corrected chi connectivity index (χ3v) is 3.46. The Bertz CT molecular complexity index is 561. The van der Waals surface area contributed by atoms with Crippen LogP contribution >= 0.6 is 0 Å². The van der Waals surface area contributed by atoms with E-state index < -0.39 is 17.5 Å².